The van der Waals surface area contributed by atoms with Crippen LogP contribution in [0.1, 0.15) is 29.4 Å². The average Bonchev–Trinajstić information content (AvgIpc) is 2.49. The van der Waals surface area contributed by atoms with Crippen LogP contribution in [0.5, 0.6) is 0 Å². The van der Waals surface area contributed by atoms with Crippen LogP contribution in [-0.2, 0) is 4.79 Å². The van der Waals surface area contributed by atoms with E-state index in [0.29, 0.717) is 5.02 Å². The zero-order chi connectivity index (χ0) is 13.9. The summed E-state index contributed by atoms with van der Waals surface area (Å²) in [6.45, 7) is 0.739. The van der Waals surface area contributed by atoms with Gasteiger partial charge in [-0.25, -0.2) is 0 Å². The summed E-state index contributed by atoms with van der Waals surface area (Å²) in [5, 5.41) is 3.67. The first-order chi connectivity index (χ1) is 9.75. The minimum absolute atomic E-state index is 0.104. The van der Waals surface area contributed by atoms with Crippen LogP contribution in [0.2, 0.25) is 5.02 Å². The highest BCUT2D eigenvalue weighted by atomic mass is 35.5. The molecule has 2 nitrogen and oxygen atoms in total. The molecule has 20 heavy (non-hydrogen) atoms. The molecule has 0 bridgehead atoms. The zero-order valence-corrected chi connectivity index (χ0v) is 11.8. The van der Waals surface area contributed by atoms with Gasteiger partial charge in [0, 0.05) is 17.5 Å². The molecule has 2 aromatic rings. The van der Waals surface area contributed by atoms with Crippen LogP contribution in [0.4, 0.5) is 0 Å². The Morgan fingerprint density at radius 3 is 2.35 bits per heavy atom. The molecule has 0 aliphatic carbocycles. The number of nitrogens with one attached hydrogen (secondary N) is 1. The first-order valence-electron chi connectivity index (χ1n) is 6.84. The molecule has 0 spiro atoms. The fourth-order valence-electron chi connectivity index (χ4n) is 2.92. The molecule has 1 heterocycles. The van der Waals surface area contributed by atoms with Crippen molar-refractivity contribution < 1.29 is 4.79 Å². The highest BCUT2D eigenvalue weighted by Crippen LogP contribution is 2.38. The van der Waals surface area contributed by atoms with Crippen LogP contribution in [0.3, 0.4) is 0 Å². The molecule has 1 amide bonds. The summed E-state index contributed by atoms with van der Waals surface area (Å²) in [6, 6.07) is 17.9. The lowest BCUT2D eigenvalue weighted by molar-refractivity contribution is -0.124. The Bertz CT molecular complexity index is 594. The van der Waals surface area contributed by atoms with Gasteiger partial charge in [0.15, 0.2) is 0 Å². The molecule has 0 saturated carbocycles. The molecule has 3 heteroatoms. The van der Waals surface area contributed by atoms with Gasteiger partial charge in [-0.15, -0.1) is 0 Å². The quantitative estimate of drug-likeness (QED) is 0.895. The minimum atomic E-state index is -0.136. The molecule has 1 saturated heterocycles. The van der Waals surface area contributed by atoms with Crippen molar-refractivity contribution in [3.8, 4) is 0 Å². The van der Waals surface area contributed by atoms with Gasteiger partial charge in [0.1, 0.15) is 0 Å². The maximum atomic E-state index is 12.3. The van der Waals surface area contributed by atoms with Gasteiger partial charge in [-0.05, 0) is 29.7 Å². The summed E-state index contributed by atoms with van der Waals surface area (Å²) >= 11 is 5.94. The molecule has 1 aliphatic rings. The highest BCUT2D eigenvalue weighted by Gasteiger charge is 2.33. The lowest BCUT2D eigenvalue weighted by atomic mass is 9.77. The molecular formula is C17H16ClNO. The third-order valence-electron chi connectivity index (χ3n) is 3.90. The van der Waals surface area contributed by atoms with Crippen molar-refractivity contribution in [2.75, 3.05) is 6.54 Å². The number of piperidine rings is 1. The van der Waals surface area contributed by atoms with Crippen molar-refractivity contribution in [2.45, 2.75) is 18.3 Å². The van der Waals surface area contributed by atoms with Crippen LogP contribution in [0, 0.1) is 0 Å². The Kier molecular flexibility index (Phi) is 3.75. The van der Waals surface area contributed by atoms with Crippen LogP contribution in [-0.4, -0.2) is 12.5 Å². The Hall–Kier alpha value is -1.80. The molecule has 0 radical (unpaired) electrons. The molecule has 2 atom stereocenters. The van der Waals surface area contributed by atoms with E-state index >= 15 is 0 Å². The summed E-state index contributed by atoms with van der Waals surface area (Å²) in [6.07, 6.45) is 0.961. The number of benzene rings is 2. The summed E-state index contributed by atoms with van der Waals surface area (Å²) in [5.41, 5.74) is 2.25. The summed E-state index contributed by atoms with van der Waals surface area (Å²) in [7, 11) is 0. The second-order valence-electron chi connectivity index (χ2n) is 5.13. The molecule has 0 unspecified atom stereocenters. The van der Waals surface area contributed by atoms with E-state index < -0.39 is 0 Å². The second-order valence-corrected chi connectivity index (χ2v) is 5.56. The summed E-state index contributed by atoms with van der Waals surface area (Å²) in [4.78, 5) is 12.3. The highest BCUT2D eigenvalue weighted by molar-refractivity contribution is 6.30. The number of rotatable bonds is 2. The number of hydrogen-bond acceptors (Lipinski definition) is 1. The molecule has 3 rings (SSSR count). The molecule has 2 aromatic carbocycles. The molecule has 1 aliphatic heterocycles. The van der Waals surface area contributed by atoms with Gasteiger partial charge in [-0.1, -0.05) is 54.1 Å². The Morgan fingerprint density at radius 2 is 1.65 bits per heavy atom. The molecule has 1 N–H and O–H groups in total. The average molecular weight is 286 g/mol. The fourth-order valence-corrected chi connectivity index (χ4v) is 3.05. The zero-order valence-electron chi connectivity index (χ0n) is 11.1. The lowest BCUT2D eigenvalue weighted by Crippen LogP contribution is -2.39. The van der Waals surface area contributed by atoms with Crippen LogP contribution < -0.4 is 5.32 Å². The van der Waals surface area contributed by atoms with Gasteiger partial charge >= 0.3 is 0 Å². The Labute approximate surface area is 123 Å². The standard InChI is InChI=1S/C17H16ClNO/c18-14-8-6-13(7-9-14)16-15(10-11-19-17(16)20)12-4-2-1-3-5-12/h1-9,15-16H,10-11H2,(H,19,20)/t15-,16-/m1/s1. The number of carbonyl (C=O) groups excluding carboxylic acids is 1. The fraction of sp³-hybridized carbons (Fsp3) is 0.235. The summed E-state index contributed by atoms with van der Waals surface area (Å²) < 4.78 is 0. The first kappa shape index (κ1) is 13.2. The predicted molar refractivity (Wildman–Crippen MR) is 81.0 cm³/mol. The first-order valence-corrected chi connectivity index (χ1v) is 7.21. The Morgan fingerprint density at radius 1 is 0.950 bits per heavy atom. The monoisotopic (exact) mass is 285 g/mol. The van der Waals surface area contributed by atoms with Crippen molar-refractivity contribution in [3.05, 3.63) is 70.7 Å². The van der Waals surface area contributed by atoms with Crippen molar-refractivity contribution in [3.63, 3.8) is 0 Å². The molecule has 1 fully saturated rings. The SMILES string of the molecule is O=C1NCC[C@H](c2ccccc2)[C@H]1c1ccc(Cl)cc1. The largest absolute Gasteiger partial charge is 0.356 e. The number of carbonyl (C=O) groups is 1. The summed E-state index contributed by atoms with van der Waals surface area (Å²) in [5.74, 6) is 0.196. The van der Waals surface area contributed by atoms with Gasteiger partial charge in [0.25, 0.3) is 0 Å². The minimum Gasteiger partial charge on any atom is -0.356 e. The number of amides is 1. The maximum Gasteiger partial charge on any atom is 0.228 e. The third kappa shape index (κ3) is 2.56. The topological polar surface area (TPSA) is 29.1 Å². The van der Waals surface area contributed by atoms with Crippen molar-refractivity contribution in [2.24, 2.45) is 0 Å². The van der Waals surface area contributed by atoms with Crippen LogP contribution >= 0.6 is 11.6 Å². The van der Waals surface area contributed by atoms with E-state index in [9.17, 15) is 4.79 Å². The van der Waals surface area contributed by atoms with Gasteiger partial charge < -0.3 is 5.32 Å². The number of hydrogen-bond donors (Lipinski definition) is 1. The van der Waals surface area contributed by atoms with E-state index in [1.54, 1.807) is 0 Å². The van der Waals surface area contributed by atoms with Crippen LogP contribution in [0.15, 0.2) is 54.6 Å². The van der Waals surface area contributed by atoms with E-state index in [1.807, 2.05) is 42.5 Å². The Balaban J connectivity index is 1.99. The van der Waals surface area contributed by atoms with Crippen molar-refractivity contribution in [1.82, 2.24) is 5.32 Å². The van der Waals surface area contributed by atoms with Crippen molar-refractivity contribution >= 4 is 17.5 Å². The van der Waals surface area contributed by atoms with E-state index in [1.165, 1.54) is 5.56 Å². The van der Waals surface area contributed by atoms with E-state index in [2.05, 4.69) is 17.4 Å². The normalized spacial score (nSPS) is 22.4. The second kappa shape index (κ2) is 5.68. The van der Waals surface area contributed by atoms with E-state index in [4.69, 9.17) is 11.6 Å². The van der Waals surface area contributed by atoms with Crippen molar-refractivity contribution in [1.29, 1.82) is 0 Å². The van der Waals surface area contributed by atoms with Gasteiger partial charge in [0.2, 0.25) is 5.91 Å². The third-order valence-corrected chi connectivity index (χ3v) is 4.15. The smallest absolute Gasteiger partial charge is 0.228 e. The van der Waals surface area contributed by atoms with Gasteiger partial charge in [-0.2, -0.15) is 0 Å². The van der Waals surface area contributed by atoms with E-state index in [0.717, 1.165) is 18.5 Å². The molecule has 102 valence electrons. The lowest BCUT2D eigenvalue weighted by Gasteiger charge is -2.31. The van der Waals surface area contributed by atoms with Crippen LogP contribution in [0.25, 0.3) is 0 Å². The maximum absolute atomic E-state index is 12.3. The van der Waals surface area contributed by atoms with Gasteiger partial charge in [-0.3, -0.25) is 4.79 Å². The molecule has 0 aromatic heterocycles. The number of halogens is 1. The molecular weight excluding hydrogens is 270 g/mol. The van der Waals surface area contributed by atoms with Gasteiger partial charge in [0.05, 0.1) is 5.92 Å². The predicted octanol–water partition coefficient (Wildman–Crippen LogP) is 3.73. The van der Waals surface area contributed by atoms with E-state index in [-0.39, 0.29) is 17.7 Å².